The number of thiocarbonyl (C=S) groups is 1. The van der Waals surface area contributed by atoms with Gasteiger partial charge < -0.3 is 19.3 Å². The molecule has 0 radical (unpaired) electrons. The van der Waals surface area contributed by atoms with Crippen molar-refractivity contribution in [3.05, 3.63) is 87.3 Å². The molecule has 2 fully saturated rings. The van der Waals surface area contributed by atoms with Crippen molar-refractivity contribution in [1.29, 1.82) is 0 Å². The molecule has 0 aliphatic carbocycles. The zero-order chi connectivity index (χ0) is 31.9. The third-order valence-corrected chi connectivity index (χ3v) is 9.10. The van der Waals surface area contributed by atoms with E-state index in [1.165, 1.54) is 29.2 Å². The molecule has 0 spiro atoms. The second-order valence-electron chi connectivity index (χ2n) is 10.4. The topological polar surface area (TPSA) is 106 Å². The number of hydrogen-bond donors (Lipinski definition) is 1. The number of halogens is 1. The highest BCUT2D eigenvalue weighted by Crippen LogP contribution is 2.36. The van der Waals surface area contributed by atoms with Crippen molar-refractivity contribution >= 4 is 63.8 Å². The fourth-order valence-corrected chi connectivity index (χ4v) is 6.22. The summed E-state index contributed by atoms with van der Waals surface area (Å²) >= 11 is 13.1. The number of hydrogen-bond acceptors (Lipinski definition) is 9. The van der Waals surface area contributed by atoms with Crippen LogP contribution in [-0.4, -0.2) is 83.1 Å². The Kier molecular flexibility index (Phi) is 10.9. The van der Waals surface area contributed by atoms with E-state index in [0.717, 1.165) is 53.6 Å². The minimum Gasteiger partial charge on any atom is -0.492 e. The molecular formula is C33H31ClN2O7S2. The Labute approximate surface area is 275 Å². The molecule has 0 bridgehead atoms. The Morgan fingerprint density at radius 1 is 1.04 bits per heavy atom. The van der Waals surface area contributed by atoms with E-state index in [9.17, 15) is 14.4 Å². The molecule has 2 saturated heterocycles. The molecule has 5 rings (SSSR count). The summed E-state index contributed by atoms with van der Waals surface area (Å²) in [5, 5.41) is 9.70. The van der Waals surface area contributed by atoms with Crippen LogP contribution in [-0.2, 0) is 14.3 Å². The van der Waals surface area contributed by atoms with Crippen molar-refractivity contribution in [3.8, 4) is 22.6 Å². The molecule has 9 nitrogen and oxygen atoms in total. The second-order valence-corrected chi connectivity index (χ2v) is 12.5. The van der Waals surface area contributed by atoms with Gasteiger partial charge in [-0.05, 0) is 72.2 Å². The highest BCUT2D eigenvalue weighted by Gasteiger charge is 2.32. The van der Waals surface area contributed by atoms with Crippen LogP contribution in [0.3, 0.4) is 0 Å². The van der Waals surface area contributed by atoms with Crippen LogP contribution in [0.1, 0.15) is 27.9 Å². The number of esters is 1. The van der Waals surface area contributed by atoms with Crippen molar-refractivity contribution in [2.75, 3.05) is 46.0 Å². The summed E-state index contributed by atoms with van der Waals surface area (Å²) in [6.45, 7) is 6.34. The molecule has 0 saturated carbocycles. The first-order valence-electron chi connectivity index (χ1n) is 14.3. The highest BCUT2D eigenvalue weighted by molar-refractivity contribution is 8.26. The van der Waals surface area contributed by atoms with E-state index in [-0.39, 0.29) is 30.2 Å². The zero-order valence-electron chi connectivity index (χ0n) is 24.5. The van der Waals surface area contributed by atoms with Gasteiger partial charge in [0.05, 0.1) is 30.1 Å². The third kappa shape index (κ3) is 8.50. The van der Waals surface area contributed by atoms with Crippen LogP contribution in [0.4, 0.5) is 0 Å². The molecule has 2 aliphatic heterocycles. The Morgan fingerprint density at radius 2 is 1.76 bits per heavy atom. The highest BCUT2D eigenvalue weighted by atomic mass is 35.5. The summed E-state index contributed by atoms with van der Waals surface area (Å²) in [5.41, 5.74) is 3.63. The van der Waals surface area contributed by atoms with Crippen LogP contribution >= 0.6 is 35.6 Å². The molecule has 12 heteroatoms. The van der Waals surface area contributed by atoms with Gasteiger partial charge >= 0.3 is 11.9 Å². The standard InChI is InChI=1S/C33H31ClN2O7S2/c1-21-2-3-24(19-27(21)34)23-6-9-28(42-17-14-35-12-15-41-16-13-35)25(18-23)20-29-31(38)36(33(44)45-29)11-10-30(37)43-26-7-4-22(5-8-26)32(39)40/h2-9,18-20H,10-17H2,1H3,(H,39,40). The minimum atomic E-state index is -1.08. The second kappa shape index (κ2) is 15.0. The van der Waals surface area contributed by atoms with Crippen molar-refractivity contribution in [2.24, 2.45) is 0 Å². The van der Waals surface area contributed by atoms with Gasteiger partial charge in [0, 0.05) is 36.8 Å². The number of benzene rings is 3. The average molecular weight is 667 g/mol. The molecule has 3 aromatic rings. The molecule has 1 N–H and O–H groups in total. The van der Waals surface area contributed by atoms with Crippen LogP contribution in [0.15, 0.2) is 65.6 Å². The van der Waals surface area contributed by atoms with Crippen molar-refractivity contribution < 1.29 is 33.7 Å². The summed E-state index contributed by atoms with van der Waals surface area (Å²) in [5.74, 6) is -1.12. The summed E-state index contributed by atoms with van der Waals surface area (Å²) in [7, 11) is 0. The number of carbonyl (C=O) groups is 3. The first kappa shape index (κ1) is 32.6. The smallest absolute Gasteiger partial charge is 0.335 e. The van der Waals surface area contributed by atoms with Crippen molar-refractivity contribution in [1.82, 2.24) is 9.80 Å². The maximum atomic E-state index is 13.4. The largest absolute Gasteiger partial charge is 0.492 e. The number of amides is 1. The maximum Gasteiger partial charge on any atom is 0.335 e. The molecular weight excluding hydrogens is 636 g/mol. The summed E-state index contributed by atoms with van der Waals surface area (Å²) in [6.07, 6.45) is 1.67. The van der Waals surface area contributed by atoms with Gasteiger partial charge in [-0.2, -0.15) is 0 Å². The fourth-order valence-electron chi connectivity index (χ4n) is 4.74. The van der Waals surface area contributed by atoms with Crippen LogP contribution < -0.4 is 9.47 Å². The molecule has 234 valence electrons. The Bertz CT molecular complexity index is 1640. The van der Waals surface area contributed by atoms with Crippen LogP contribution in [0.2, 0.25) is 5.02 Å². The Balaban J connectivity index is 1.30. The quantitative estimate of drug-likeness (QED) is 0.115. The van der Waals surface area contributed by atoms with Gasteiger partial charge in [-0.15, -0.1) is 0 Å². The van der Waals surface area contributed by atoms with Crippen molar-refractivity contribution in [3.63, 3.8) is 0 Å². The SMILES string of the molecule is Cc1ccc(-c2ccc(OCCN3CCOCC3)c(C=C3SC(=S)N(CCC(=O)Oc4ccc(C(=O)O)cc4)C3=O)c2)cc1Cl. The number of aryl methyl sites for hydroxylation is 1. The fraction of sp³-hybridized carbons (Fsp3) is 0.273. The van der Waals surface area contributed by atoms with E-state index < -0.39 is 11.9 Å². The molecule has 45 heavy (non-hydrogen) atoms. The number of carbonyl (C=O) groups excluding carboxylic acids is 2. The van der Waals surface area contributed by atoms with Gasteiger partial charge in [-0.3, -0.25) is 19.4 Å². The number of thioether (sulfide) groups is 1. The third-order valence-electron chi connectivity index (χ3n) is 7.32. The predicted molar refractivity (Wildman–Crippen MR) is 178 cm³/mol. The van der Waals surface area contributed by atoms with E-state index in [1.807, 2.05) is 43.3 Å². The molecule has 2 aliphatic rings. The number of aromatic carboxylic acids is 1. The van der Waals surface area contributed by atoms with E-state index in [2.05, 4.69) is 4.90 Å². The Morgan fingerprint density at radius 3 is 2.47 bits per heavy atom. The van der Waals surface area contributed by atoms with E-state index >= 15 is 0 Å². The monoisotopic (exact) mass is 666 g/mol. The zero-order valence-corrected chi connectivity index (χ0v) is 26.9. The lowest BCUT2D eigenvalue weighted by Gasteiger charge is -2.26. The summed E-state index contributed by atoms with van der Waals surface area (Å²) in [4.78, 5) is 41.0. The van der Waals surface area contributed by atoms with Crippen molar-refractivity contribution in [2.45, 2.75) is 13.3 Å². The predicted octanol–water partition coefficient (Wildman–Crippen LogP) is 5.92. The number of carboxylic acids is 1. The first-order valence-corrected chi connectivity index (χ1v) is 15.9. The lowest BCUT2D eigenvalue weighted by molar-refractivity contribution is -0.134. The van der Waals surface area contributed by atoms with Gasteiger partial charge in [0.1, 0.15) is 22.4 Å². The molecule has 0 aromatic heterocycles. The minimum absolute atomic E-state index is 0.0405. The number of morpholine rings is 1. The average Bonchev–Trinajstić information content (AvgIpc) is 3.30. The normalized spacial score (nSPS) is 16.3. The van der Waals surface area contributed by atoms with Gasteiger partial charge in [0.25, 0.3) is 5.91 Å². The number of rotatable bonds is 11. The van der Waals surface area contributed by atoms with Crippen LogP contribution in [0.5, 0.6) is 11.5 Å². The van der Waals surface area contributed by atoms with Gasteiger partial charge in [-0.25, -0.2) is 4.79 Å². The Hall–Kier alpha value is -3.74. The van der Waals surface area contributed by atoms with Gasteiger partial charge in [-0.1, -0.05) is 53.8 Å². The molecule has 2 heterocycles. The van der Waals surface area contributed by atoms with E-state index in [1.54, 1.807) is 6.08 Å². The summed E-state index contributed by atoms with van der Waals surface area (Å²) in [6, 6.07) is 17.2. The molecule has 3 aromatic carbocycles. The lowest BCUT2D eigenvalue weighted by Crippen LogP contribution is -2.38. The lowest BCUT2D eigenvalue weighted by atomic mass is 10.0. The maximum absolute atomic E-state index is 13.4. The van der Waals surface area contributed by atoms with Gasteiger partial charge in [0.2, 0.25) is 0 Å². The number of nitrogens with zero attached hydrogens (tertiary/aromatic N) is 2. The molecule has 0 atom stereocenters. The van der Waals surface area contributed by atoms with Crippen LogP contribution in [0.25, 0.3) is 17.2 Å². The number of carboxylic acid groups (broad SMARTS) is 1. The molecule has 1 amide bonds. The van der Waals surface area contributed by atoms with Gasteiger partial charge in [0.15, 0.2) is 0 Å². The van der Waals surface area contributed by atoms with E-state index in [0.29, 0.717) is 39.8 Å². The van der Waals surface area contributed by atoms with E-state index in [4.69, 9.17) is 43.1 Å². The van der Waals surface area contributed by atoms with Crippen LogP contribution in [0, 0.1) is 6.92 Å². The molecule has 0 unspecified atom stereocenters. The number of ether oxygens (including phenoxy) is 3. The first-order chi connectivity index (χ1) is 21.7. The summed E-state index contributed by atoms with van der Waals surface area (Å²) < 4.78 is 17.3.